The molecule has 0 radical (unpaired) electrons. The van der Waals surface area contributed by atoms with Gasteiger partial charge in [0.05, 0.1) is 6.04 Å². The van der Waals surface area contributed by atoms with E-state index in [1.165, 1.54) is 10.8 Å². The van der Waals surface area contributed by atoms with Crippen LogP contribution in [0.1, 0.15) is 52.0 Å². The van der Waals surface area contributed by atoms with E-state index in [9.17, 15) is 14.4 Å². The highest BCUT2D eigenvalue weighted by Gasteiger charge is 2.33. The lowest BCUT2D eigenvalue weighted by atomic mass is 10.0. The Hall–Kier alpha value is -4.47. The van der Waals surface area contributed by atoms with Gasteiger partial charge in [-0.15, -0.1) is 0 Å². The Morgan fingerprint density at radius 3 is 2.53 bits per heavy atom. The number of piperidine rings is 1. The number of benzene rings is 1. The number of amides is 3. The molecule has 34 heavy (non-hydrogen) atoms. The molecule has 10 heteroatoms. The number of primary amides is 1. The fourth-order valence-corrected chi connectivity index (χ4v) is 4.11. The van der Waals surface area contributed by atoms with Crippen molar-refractivity contribution >= 4 is 23.5 Å². The molecule has 0 bridgehead atoms. The first-order valence-electron chi connectivity index (χ1n) is 10.8. The van der Waals surface area contributed by atoms with E-state index >= 15 is 0 Å². The Labute approximate surface area is 196 Å². The van der Waals surface area contributed by atoms with Gasteiger partial charge < -0.3 is 21.8 Å². The fraction of sp³-hybridized carbons (Fsp3) is 0.208. The summed E-state index contributed by atoms with van der Waals surface area (Å²) in [5.41, 5.74) is 6.91. The Morgan fingerprint density at radius 1 is 1.12 bits per heavy atom. The minimum absolute atomic E-state index is 0.0252. The summed E-state index contributed by atoms with van der Waals surface area (Å²) in [6.07, 6.45) is 5.24. The van der Waals surface area contributed by atoms with Crippen molar-refractivity contribution < 1.29 is 14.4 Å². The van der Waals surface area contributed by atoms with Gasteiger partial charge in [-0.3, -0.25) is 14.4 Å². The zero-order chi connectivity index (χ0) is 24.2. The maximum atomic E-state index is 12.5. The Bertz CT molecular complexity index is 1240. The fourth-order valence-electron chi connectivity index (χ4n) is 4.11. The van der Waals surface area contributed by atoms with Gasteiger partial charge >= 0.3 is 0 Å². The number of aromatic nitrogens is 3. The van der Waals surface area contributed by atoms with Gasteiger partial charge in [0.25, 0.3) is 11.8 Å². The van der Waals surface area contributed by atoms with Crippen molar-refractivity contribution in [3.8, 4) is 11.3 Å². The van der Waals surface area contributed by atoms with Crippen LogP contribution in [0.2, 0.25) is 0 Å². The first-order valence-corrected chi connectivity index (χ1v) is 10.8. The topological polar surface area (TPSA) is 149 Å². The summed E-state index contributed by atoms with van der Waals surface area (Å²) in [7, 11) is 0. The van der Waals surface area contributed by atoms with Gasteiger partial charge in [0, 0.05) is 23.9 Å². The Balaban J connectivity index is 1.66. The lowest BCUT2D eigenvalue weighted by Crippen LogP contribution is -2.39. The molecule has 5 N–H and O–H groups in total. The quantitative estimate of drug-likeness (QED) is 0.380. The number of anilines is 1. The number of carbonyl (C=O) groups is 3. The molecule has 0 aliphatic carbocycles. The van der Waals surface area contributed by atoms with Crippen LogP contribution in [-0.2, 0) is 4.79 Å². The second kappa shape index (κ2) is 9.57. The molecule has 3 amide bonds. The predicted octanol–water partition coefficient (Wildman–Crippen LogP) is 2.25. The van der Waals surface area contributed by atoms with Crippen molar-refractivity contribution in [1.82, 2.24) is 19.5 Å². The number of nitrogen functional groups attached to an aromatic ring is 1. The minimum atomic E-state index is -0.745. The highest BCUT2D eigenvalue weighted by molar-refractivity contribution is 6.04. The number of nitrogens with zero attached hydrogens (tertiary/aromatic N) is 4. The highest BCUT2D eigenvalue weighted by atomic mass is 16.2. The van der Waals surface area contributed by atoms with Gasteiger partial charge in [-0.25, -0.2) is 14.6 Å². The molecule has 1 saturated heterocycles. The molecule has 1 aliphatic heterocycles. The van der Waals surface area contributed by atoms with Crippen molar-refractivity contribution in [2.45, 2.75) is 25.3 Å². The van der Waals surface area contributed by atoms with Gasteiger partial charge in [-0.05, 0) is 49.6 Å². The molecule has 10 nitrogen and oxygen atoms in total. The number of nitrogens with two attached hydrogens (primary N) is 2. The third-order valence-electron chi connectivity index (χ3n) is 5.76. The number of rotatable bonds is 6. The minimum Gasteiger partial charge on any atom is -0.364 e. The smallest absolute Gasteiger partial charge is 0.269 e. The molecule has 174 valence electrons. The first-order chi connectivity index (χ1) is 16.4. The molecule has 1 unspecified atom stereocenters. The van der Waals surface area contributed by atoms with Crippen LogP contribution in [0, 0.1) is 0 Å². The summed E-state index contributed by atoms with van der Waals surface area (Å²) in [6.45, 7) is 4.12. The van der Waals surface area contributed by atoms with Crippen LogP contribution in [0.25, 0.3) is 11.3 Å². The van der Waals surface area contributed by atoms with Crippen molar-refractivity contribution in [3.05, 3.63) is 78.4 Å². The number of likely N-dealkylation sites (tertiary alicyclic amines) is 1. The number of hydrogen-bond acceptors (Lipinski definition) is 6. The second-order valence-electron chi connectivity index (χ2n) is 7.90. The third kappa shape index (κ3) is 4.38. The second-order valence-corrected chi connectivity index (χ2v) is 7.90. The van der Waals surface area contributed by atoms with Crippen LogP contribution in [0.3, 0.4) is 0 Å². The SMILES string of the molecule is C=CC(=O)N1CCCCC1c1nc(-c2ccc(C(=O)Nc3ccccn3)cc2)c(C(N)=O)n1N. The van der Waals surface area contributed by atoms with E-state index in [1.54, 1.807) is 53.6 Å². The van der Waals surface area contributed by atoms with E-state index < -0.39 is 11.9 Å². The lowest BCUT2D eigenvalue weighted by molar-refractivity contribution is -0.129. The van der Waals surface area contributed by atoms with E-state index in [-0.39, 0.29) is 17.5 Å². The molecule has 0 saturated carbocycles. The summed E-state index contributed by atoms with van der Waals surface area (Å²) < 4.78 is 1.17. The summed E-state index contributed by atoms with van der Waals surface area (Å²) in [6, 6.07) is 11.4. The average molecular weight is 460 g/mol. The Morgan fingerprint density at radius 2 is 1.88 bits per heavy atom. The maximum Gasteiger partial charge on any atom is 0.269 e. The molecular weight excluding hydrogens is 434 g/mol. The van der Waals surface area contributed by atoms with Crippen LogP contribution >= 0.6 is 0 Å². The summed E-state index contributed by atoms with van der Waals surface area (Å²) in [5, 5.41) is 2.71. The van der Waals surface area contributed by atoms with Gasteiger partial charge in [0.15, 0.2) is 11.5 Å². The standard InChI is InChI=1S/C24H25N7O3/c1-2-19(32)30-14-6-4-7-17(30)23-29-20(21(22(25)33)31(23)26)15-9-11-16(12-10-15)24(34)28-18-8-3-5-13-27-18/h2-3,5,8-13,17H,1,4,6-7,14,26H2,(H2,25,33)(H,27,28,34). The van der Waals surface area contributed by atoms with Crippen molar-refractivity contribution in [1.29, 1.82) is 0 Å². The zero-order valence-electron chi connectivity index (χ0n) is 18.5. The number of carbonyl (C=O) groups excluding carboxylic acids is 3. The molecule has 1 aliphatic rings. The molecule has 3 heterocycles. The Kier molecular flexibility index (Phi) is 6.39. The van der Waals surface area contributed by atoms with E-state index in [0.29, 0.717) is 41.4 Å². The van der Waals surface area contributed by atoms with Crippen LogP contribution < -0.4 is 16.9 Å². The largest absolute Gasteiger partial charge is 0.364 e. The molecule has 3 aromatic rings. The summed E-state index contributed by atoms with van der Waals surface area (Å²) >= 11 is 0. The van der Waals surface area contributed by atoms with Crippen molar-refractivity contribution in [2.75, 3.05) is 17.7 Å². The summed E-state index contributed by atoms with van der Waals surface area (Å²) in [5.74, 6) is 5.77. The van der Waals surface area contributed by atoms with Gasteiger partial charge in [0.2, 0.25) is 5.91 Å². The molecule has 1 aromatic carbocycles. The molecule has 0 spiro atoms. The highest BCUT2D eigenvalue weighted by Crippen LogP contribution is 2.33. The molecule has 1 atom stereocenters. The van der Waals surface area contributed by atoms with Crippen LogP contribution in [-0.4, -0.2) is 43.8 Å². The molecule has 1 fully saturated rings. The van der Waals surface area contributed by atoms with E-state index in [2.05, 4.69) is 21.9 Å². The number of nitrogens with one attached hydrogen (secondary N) is 1. The molecule has 2 aromatic heterocycles. The number of pyridine rings is 1. The zero-order valence-corrected chi connectivity index (χ0v) is 18.5. The summed E-state index contributed by atoms with van der Waals surface area (Å²) in [4.78, 5) is 47.5. The molecule has 4 rings (SSSR count). The number of hydrogen-bond donors (Lipinski definition) is 3. The van der Waals surface area contributed by atoms with E-state index in [4.69, 9.17) is 11.6 Å². The predicted molar refractivity (Wildman–Crippen MR) is 127 cm³/mol. The number of imidazole rings is 1. The van der Waals surface area contributed by atoms with Crippen LogP contribution in [0.15, 0.2) is 61.3 Å². The van der Waals surface area contributed by atoms with Gasteiger partial charge in [-0.2, -0.15) is 0 Å². The van der Waals surface area contributed by atoms with E-state index in [1.807, 2.05) is 0 Å². The lowest BCUT2D eigenvalue weighted by Gasteiger charge is -2.34. The van der Waals surface area contributed by atoms with E-state index in [0.717, 1.165) is 12.8 Å². The third-order valence-corrected chi connectivity index (χ3v) is 5.76. The average Bonchev–Trinajstić information content (AvgIpc) is 3.21. The first kappa shape index (κ1) is 22.7. The van der Waals surface area contributed by atoms with Gasteiger partial charge in [0.1, 0.15) is 11.5 Å². The van der Waals surface area contributed by atoms with Crippen molar-refractivity contribution in [3.63, 3.8) is 0 Å². The maximum absolute atomic E-state index is 12.5. The monoisotopic (exact) mass is 459 g/mol. The molecular formula is C24H25N7O3. The van der Waals surface area contributed by atoms with Crippen molar-refractivity contribution in [2.24, 2.45) is 5.73 Å². The van der Waals surface area contributed by atoms with Crippen LogP contribution in [0.4, 0.5) is 5.82 Å². The van der Waals surface area contributed by atoms with Gasteiger partial charge in [-0.1, -0.05) is 24.8 Å². The normalized spacial score (nSPS) is 15.5. The van der Waals surface area contributed by atoms with Crippen LogP contribution in [0.5, 0.6) is 0 Å².